The maximum atomic E-state index is 9.15. The van der Waals surface area contributed by atoms with Gasteiger partial charge in [0.1, 0.15) is 5.69 Å². The summed E-state index contributed by atoms with van der Waals surface area (Å²) in [6.45, 7) is 4.78. The Hall–Kier alpha value is -1.68. The molecule has 0 aliphatic carbocycles. The van der Waals surface area contributed by atoms with Crippen molar-refractivity contribution < 1.29 is 5.11 Å². The molecule has 0 spiro atoms. The van der Waals surface area contributed by atoms with E-state index in [0.29, 0.717) is 12.2 Å². The first-order chi connectivity index (χ1) is 8.24. The second-order valence-electron chi connectivity index (χ2n) is 4.14. The molecule has 0 fully saturated rings. The molecule has 0 aliphatic rings. The van der Waals surface area contributed by atoms with Gasteiger partial charge in [0, 0.05) is 0 Å². The van der Waals surface area contributed by atoms with Crippen LogP contribution in [0, 0.1) is 6.92 Å². The van der Waals surface area contributed by atoms with Crippen molar-refractivity contribution in [1.82, 2.24) is 15.0 Å². The standard InChI is InChI=1S/C13H17N3O/c1-3-13-12(9-17)14-15-16(13)8-11-6-4-10(2)5-7-11/h4-7,17H,3,8-9H2,1-2H3. The molecule has 4 nitrogen and oxygen atoms in total. The molecule has 90 valence electrons. The van der Waals surface area contributed by atoms with Crippen LogP contribution in [-0.4, -0.2) is 20.1 Å². The Morgan fingerprint density at radius 2 is 1.94 bits per heavy atom. The molecule has 2 aromatic rings. The van der Waals surface area contributed by atoms with Crippen LogP contribution in [0.15, 0.2) is 24.3 Å². The monoisotopic (exact) mass is 231 g/mol. The zero-order valence-electron chi connectivity index (χ0n) is 10.2. The van der Waals surface area contributed by atoms with Gasteiger partial charge in [-0.1, -0.05) is 42.0 Å². The minimum atomic E-state index is -0.0446. The van der Waals surface area contributed by atoms with Crippen molar-refractivity contribution in [2.24, 2.45) is 0 Å². The van der Waals surface area contributed by atoms with Gasteiger partial charge in [-0.3, -0.25) is 0 Å². The van der Waals surface area contributed by atoms with E-state index < -0.39 is 0 Å². The van der Waals surface area contributed by atoms with Crippen molar-refractivity contribution in [1.29, 1.82) is 0 Å². The van der Waals surface area contributed by atoms with Gasteiger partial charge in [0.25, 0.3) is 0 Å². The average molecular weight is 231 g/mol. The summed E-state index contributed by atoms with van der Waals surface area (Å²) in [5, 5.41) is 17.2. The molecule has 4 heteroatoms. The fraction of sp³-hybridized carbons (Fsp3) is 0.385. The van der Waals surface area contributed by atoms with Gasteiger partial charge in [-0.2, -0.15) is 0 Å². The van der Waals surface area contributed by atoms with E-state index in [9.17, 15) is 0 Å². The normalized spacial score (nSPS) is 10.8. The van der Waals surface area contributed by atoms with Crippen molar-refractivity contribution in [2.45, 2.75) is 33.4 Å². The molecule has 0 radical (unpaired) electrons. The molecule has 0 saturated heterocycles. The first-order valence-electron chi connectivity index (χ1n) is 5.82. The molecule has 0 bridgehead atoms. The average Bonchev–Trinajstić information content (AvgIpc) is 2.74. The third-order valence-corrected chi connectivity index (χ3v) is 2.86. The lowest BCUT2D eigenvalue weighted by Gasteiger charge is -2.06. The summed E-state index contributed by atoms with van der Waals surface area (Å²) in [7, 11) is 0. The third-order valence-electron chi connectivity index (χ3n) is 2.86. The SMILES string of the molecule is CCc1c(CO)nnn1Cc1ccc(C)cc1. The predicted octanol–water partition coefficient (Wildman–Crippen LogP) is 1.69. The Morgan fingerprint density at radius 1 is 1.24 bits per heavy atom. The smallest absolute Gasteiger partial charge is 0.111 e. The number of hydrogen-bond donors (Lipinski definition) is 1. The van der Waals surface area contributed by atoms with E-state index in [1.165, 1.54) is 11.1 Å². The van der Waals surface area contributed by atoms with E-state index in [2.05, 4.69) is 41.5 Å². The van der Waals surface area contributed by atoms with Crippen molar-refractivity contribution >= 4 is 0 Å². The van der Waals surface area contributed by atoms with Crippen molar-refractivity contribution in [3.63, 3.8) is 0 Å². The zero-order chi connectivity index (χ0) is 12.3. The number of aromatic nitrogens is 3. The van der Waals surface area contributed by atoms with Crippen LogP contribution in [0.2, 0.25) is 0 Å². The number of aryl methyl sites for hydroxylation is 1. The molecule has 0 aliphatic heterocycles. The second-order valence-corrected chi connectivity index (χ2v) is 4.14. The number of benzene rings is 1. The molecule has 0 amide bonds. The number of hydrogen-bond acceptors (Lipinski definition) is 3. The Morgan fingerprint density at radius 3 is 2.53 bits per heavy atom. The van der Waals surface area contributed by atoms with E-state index in [1.807, 2.05) is 11.6 Å². The number of aliphatic hydroxyl groups is 1. The first kappa shape index (κ1) is 11.8. The Labute approximate surface area is 101 Å². The third kappa shape index (κ3) is 2.53. The van der Waals surface area contributed by atoms with Crippen LogP contribution in [0.1, 0.15) is 29.4 Å². The van der Waals surface area contributed by atoms with E-state index in [0.717, 1.165) is 12.1 Å². The second kappa shape index (κ2) is 5.10. The summed E-state index contributed by atoms with van der Waals surface area (Å²) < 4.78 is 1.86. The van der Waals surface area contributed by atoms with Crippen molar-refractivity contribution in [2.75, 3.05) is 0 Å². The van der Waals surface area contributed by atoms with Gasteiger partial charge >= 0.3 is 0 Å². The van der Waals surface area contributed by atoms with Crippen LogP contribution in [0.5, 0.6) is 0 Å². The Bertz CT molecular complexity index is 488. The van der Waals surface area contributed by atoms with Crippen LogP contribution in [0.3, 0.4) is 0 Å². The summed E-state index contributed by atoms with van der Waals surface area (Å²) in [4.78, 5) is 0. The quantitative estimate of drug-likeness (QED) is 0.871. The molecule has 0 unspecified atom stereocenters. The minimum absolute atomic E-state index is 0.0446. The summed E-state index contributed by atoms with van der Waals surface area (Å²) in [5.74, 6) is 0. The summed E-state index contributed by atoms with van der Waals surface area (Å²) >= 11 is 0. The highest BCUT2D eigenvalue weighted by Gasteiger charge is 2.10. The van der Waals surface area contributed by atoms with E-state index >= 15 is 0 Å². The number of aliphatic hydroxyl groups excluding tert-OH is 1. The molecule has 1 aromatic carbocycles. The summed E-state index contributed by atoms with van der Waals surface area (Å²) in [5.41, 5.74) is 4.13. The molecular formula is C13H17N3O. The van der Waals surface area contributed by atoms with Crippen LogP contribution in [0.25, 0.3) is 0 Å². The van der Waals surface area contributed by atoms with Gasteiger partial charge in [-0.05, 0) is 18.9 Å². The lowest BCUT2D eigenvalue weighted by molar-refractivity contribution is 0.275. The van der Waals surface area contributed by atoms with Gasteiger partial charge in [0.15, 0.2) is 0 Å². The van der Waals surface area contributed by atoms with E-state index in [1.54, 1.807) is 0 Å². The highest BCUT2D eigenvalue weighted by molar-refractivity contribution is 5.22. The predicted molar refractivity (Wildman–Crippen MR) is 65.6 cm³/mol. The maximum Gasteiger partial charge on any atom is 0.111 e. The topological polar surface area (TPSA) is 50.9 Å². The van der Waals surface area contributed by atoms with E-state index in [4.69, 9.17) is 5.11 Å². The molecule has 0 atom stereocenters. The van der Waals surface area contributed by atoms with Gasteiger partial charge < -0.3 is 5.11 Å². The molecular weight excluding hydrogens is 214 g/mol. The summed E-state index contributed by atoms with van der Waals surface area (Å²) in [6.07, 6.45) is 0.828. The Kier molecular flexibility index (Phi) is 3.54. The summed E-state index contributed by atoms with van der Waals surface area (Å²) in [6, 6.07) is 8.36. The molecule has 2 rings (SSSR count). The van der Waals surface area contributed by atoms with E-state index in [-0.39, 0.29) is 6.61 Å². The largest absolute Gasteiger partial charge is 0.390 e. The van der Waals surface area contributed by atoms with Crippen LogP contribution >= 0.6 is 0 Å². The minimum Gasteiger partial charge on any atom is -0.390 e. The highest BCUT2D eigenvalue weighted by atomic mass is 16.3. The zero-order valence-corrected chi connectivity index (χ0v) is 10.2. The number of rotatable bonds is 4. The maximum absolute atomic E-state index is 9.15. The van der Waals surface area contributed by atoms with Crippen LogP contribution < -0.4 is 0 Å². The van der Waals surface area contributed by atoms with Crippen LogP contribution in [-0.2, 0) is 19.6 Å². The highest BCUT2D eigenvalue weighted by Crippen LogP contribution is 2.10. The van der Waals surface area contributed by atoms with Gasteiger partial charge in [0.05, 0.1) is 18.8 Å². The van der Waals surface area contributed by atoms with Gasteiger partial charge in [-0.15, -0.1) is 5.10 Å². The molecule has 1 aromatic heterocycles. The number of nitrogens with zero attached hydrogens (tertiary/aromatic N) is 3. The van der Waals surface area contributed by atoms with Crippen LogP contribution in [0.4, 0.5) is 0 Å². The fourth-order valence-corrected chi connectivity index (χ4v) is 1.87. The first-order valence-corrected chi connectivity index (χ1v) is 5.82. The van der Waals surface area contributed by atoms with Crippen molar-refractivity contribution in [3.8, 4) is 0 Å². The molecule has 0 saturated carbocycles. The van der Waals surface area contributed by atoms with Gasteiger partial charge in [-0.25, -0.2) is 4.68 Å². The molecule has 1 heterocycles. The lowest BCUT2D eigenvalue weighted by Crippen LogP contribution is -2.06. The Balaban J connectivity index is 2.23. The lowest BCUT2D eigenvalue weighted by atomic mass is 10.1. The van der Waals surface area contributed by atoms with Crippen molar-refractivity contribution in [3.05, 3.63) is 46.8 Å². The fourth-order valence-electron chi connectivity index (χ4n) is 1.87. The molecule has 17 heavy (non-hydrogen) atoms. The molecule has 1 N–H and O–H groups in total. The van der Waals surface area contributed by atoms with Gasteiger partial charge in [0.2, 0.25) is 0 Å².